The maximum atomic E-state index is 11.2. The average molecular weight is 147 g/mol. The van der Waals surface area contributed by atoms with E-state index in [1.54, 1.807) is 21.0 Å². The van der Waals surface area contributed by atoms with E-state index in [0.717, 1.165) is 0 Å². The predicted octanol–water partition coefficient (Wildman–Crippen LogP) is -1.07. The maximum absolute atomic E-state index is 11.2. The minimum atomic E-state index is -0.691. The van der Waals surface area contributed by atoms with Crippen molar-refractivity contribution in [2.75, 3.05) is 14.1 Å². The van der Waals surface area contributed by atoms with Gasteiger partial charge in [-0.25, -0.2) is 0 Å². The summed E-state index contributed by atoms with van der Waals surface area (Å²) in [6, 6.07) is 0. The lowest BCUT2D eigenvalue weighted by atomic mass is 10.2. The van der Waals surface area contributed by atoms with Gasteiger partial charge in [0.1, 0.15) is 0 Å². The van der Waals surface area contributed by atoms with Gasteiger partial charge in [0.05, 0.1) is 0 Å². The van der Waals surface area contributed by atoms with Gasteiger partial charge in [-0.3, -0.25) is 10.9 Å². The second-order valence-electron chi connectivity index (χ2n) is 2.97. The molecule has 0 saturated heterocycles. The highest BCUT2D eigenvalue weighted by atomic mass is 16.6. The smallest absolute Gasteiger partial charge is 0.163 e. The van der Waals surface area contributed by atoms with E-state index in [9.17, 15) is 5.21 Å². The van der Waals surface area contributed by atoms with E-state index >= 15 is 0 Å². The molecule has 2 unspecified atom stereocenters. The highest BCUT2D eigenvalue weighted by Crippen LogP contribution is 1.92. The van der Waals surface area contributed by atoms with Crippen LogP contribution >= 0.6 is 0 Å². The molecule has 0 aromatic carbocycles. The Morgan fingerprint density at radius 2 is 2.00 bits per heavy atom. The van der Waals surface area contributed by atoms with E-state index in [0.29, 0.717) is 6.42 Å². The Morgan fingerprint density at radius 3 is 2.10 bits per heavy atom. The Bertz CT molecular complexity index is 103. The molecule has 0 bridgehead atoms. The van der Waals surface area contributed by atoms with Crippen molar-refractivity contribution in [3.63, 3.8) is 0 Å². The molecule has 0 aliphatic rings. The summed E-state index contributed by atoms with van der Waals surface area (Å²) in [6.07, 6.45) is 0.671. The first kappa shape index (κ1) is 9.84. The zero-order valence-electron chi connectivity index (χ0n) is 7.14. The molecular formula is C6H17N3O. The molecule has 0 aliphatic carbocycles. The van der Waals surface area contributed by atoms with Crippen molar-refractivity contribution in [3.8, 4) is 0 Å². The monoisotopic (exact) mass is 147 g/mol. The van der Waals surface area contributed by atoms with Crippen molar-refractivity contribution in [3.05, 3.63) is 5.21 Å². The highest BCUT2D eigenvalue weighted by Gasteiger charge is 2.24. The summed E-state index contributed by atoms with van der Waals surface area (Å²) >= 11 is 0. The van der Waals surface area contributed by atoms with Gasteiger partial charge in [-0.2, -0.15) is 5.01 Å². The number of hydroxylamine groups is 1. The Hall–Kier alpha value is -0.160. The first-order valence-electron chi connectivity index (χ1n) is 3.42. The molecule has 0 aliphatic heterocycles. The highest BCUT2D eigenvalue weighted by molar-refractivity contribution is 4.59. The van der Waals surface area contributed by atoms with E-state index in [-0.39, 0.29) is 5.17 Å². The van der Waals surface area contributed by atoms with Crippen molar-refractivity contribution in [2.24, 2.45) is 5.73 Å². The van der Waals surface area contributed by atoms with Crippen LogP contribution < -0.4 is 10.9 Å². The summed E-state index contributed by atoms with van der Waals surface area (Å²) in [7, 11) is 3.42. The lowest BCUT2D eigenvalue weighted by molar-refractivity contribution is -1.01. The summed E-state index contributed by atoms with van der Waals surface area (Å²) in [6.45, 7) is 3.65. The number of nitrogens with two attached hydrogens (primary N) is 1. The first-order valence-corrected chi connectivity index (χ1v) is 3.42. The number of quaternary nitrogens is 1. The van der Waals surface area contributed by atoms with Gasteiger partial charge < -0.3 is 5.21 Å². The summed E-state index contributed by atoms with van der Waals surface area (Å²) in [4.78, 5) is 0. The standard InChI is InChI=1S/C6H17N3O/c1-5-6(2,7)9(10)8(3)4/h9H,5,7H2,1-4H3. The molecule has 0 spiro atoms. The largest absolute Gasteiger partial charge is 0.612 e. The van der Waals surface area contributed by atoms with Gasteiger partial charge in [-0.15, -0.1) is 0 Å². The van der Waals surface area contributed by atoms with Crippen molar-refractivity contribution in [1.29, 1.82) is 0 Å². The van der Waals surface area contributed by atoms with E-state index in [1.807, 2.05) is 6.92 Å². The SMILES string of the molecule is CCC(C)(N)[NH+]([O-])N(C)C. The fourth-order valence-corrected chi connectivity index (χ4v) is 0.662. The molecule has 0 radical (unpaired) electrons. The summed E-state index contributed by atoms with van der Waals surface area (Å²) in [5, 5.41) is 12.7. The minimum absolute atomic E-state index is 0.0185. The molecule has 0 rings (SSSR count). The fraction of sp³-hybridized carbons (Fsp3) is 1.00. The van der Waals surface area contributed by atoms with Crippen LogP contribution in [-0.4, -0.2) is 24.8 Å². The molecule has 4 nitrogen and oxygen atoms in total. The molecule has 0 saturated carbocycles. The third-order valence-corrected chi connectivity index (χ3v) is 1.63. The fourth-order valence-electron chi connectivity index (χ4n) is 0.662. The topological polar surface area (TPSA) is 56.8 Å². The number of rotatable bonds is 3. The van der Waals surface area contributed by atoms with Crippen LogP contribution in [0.1, 0.15) is 20.3 Å². The third-order valence-electron chi connectivity index (χ3n) is 1.63. The minimum Gasteiger partial charge on any atom is -0.612 e. The second kappa shape index (κ2) is 3.30. The zero-order chi connectivity index (χ0) is 8.36. The molecule has 0 fully saturated rings. The van der Waals surface area contributed by atoms with Gasteiger partial charge in [0, 0.05) is 27.4 Å². The van der Waals surface area contributed by atoms with E-state index < -0.39 is 5.66 Å². The Balaban J connectivity index is 4.03. The first-order chi connectivity index (χ1) is 4.41. The van der Waals surface area contributed by atoms with Crippen molar-refractivity contribution >= 4 is 0 Å². The Kier molecular flexibility index (Phi) is 3.24. The number of hydrogen-bond donors (Lipinski definition) is 2. The normalized spacial score (nSPS) is 20.7. The molecule has 2 atom stereocenters. The molecule has 0 amide bonds. The van der Waals surface area contributed by atoms with Crippen molar-refractivity contribution in [1.82, 2.24) is 5.01 Å². The molecule has 3 N–H and O–H groups in total. The summed E-state index contributed by atoms with van der Waals surface area (Å²) in [5.74, 6) is 0. The number of hydrogen-bond acceptors (Lipinski definition) is 3. The second-order valence-corrected chi connectivity index (χ2v) is 2.97. The van der Waals surface area contributed by atoms with Gasteiger partial charge >= 0.3 is 0 Å². The Labute approximate surface area is 62.1 Å². The molecule has 0 aromatic heterocycles. The van der Waals surface area contributed by atoms with Crippen molar-refractivity contribution < 1.29 is 5.17 Å². The molecule has 4 heteroatoms. The zero-order valence-corrected chi connectivity index (χ0v) is 7.14. The number of nitrogens with zero attached hydrogens (tertiary/aromatic N) is 1. The van der Waals surface area contributed by atoms with Crippen LogP contribution in [0.2, 0.25) is 0 Å². The van der Waals surface area contributed by atoms with Gasteiger partial charge in [-0.1, -0.05) is 6.92 Å². The van der Waals surface area contributed by atoms with Crippen LogP contribution in [0.5, 0.6) is 0 Å². The summed E-state index contributed by atoms with van der Waals surface area (Å²) in [5.41, 5.74) is 4.98. The van der Waals surface area contributed by atoms with Gasteiger partial charge in [0.25, 0.3) is 0 Å². The molecule has 0 heterocycles. The molecular weight excluding hydrogens is 130 g/mol. The van der Waals surface area contributed by atoms with E-state index in [2.05, 4.69) is 0 Å². The van der Waals surface area contributed by atoms with Crippen LogP contribution in [0.4, 0.5) is 0 Å². The van der Waals surface area contributed by atoms with Crippen LogP contribution in [0.25, 0.3) is 0 Å². The molecule has 62 valence electrons. The van der Waals surface area contributed by atoms with E-state index in [4.69, 9.17) is 5.73 Å². The van der Waals surface area contributed by atoms with Crippen LogP contribution in [-0.2, 0) is 0 Å². The quantitative estimate of drug-likeness (QED) is 0.395. The lowest BCUT2D eigenvalue weighted by Crippen LogP contribution is -3.22. The van der Waals surface area contributed by atoms with Gasteiger partial charge in [-0.05, 0) is 0 Å². The summed E-state index contributed by atoms with van der Waals surface area (Å²) < 4.78 is 0. The van der Waals surface area contributed by atoms with E-state index in [1.165, 1.54) is 5.01 Å². The molecule has 10 heavy (non-hydrogen) atoms. The van der Waals surface area contributed by atoms with Crippen molar-refractivity contribution in [2.45, 2.75) is 25.9 Å². The maximum Gasteiger partial charge on any atom is 0.163 e. The molecule has 0 aromatic rings. The van der Waals surface area contributed by atoms with Crippen LogP contribution in [0.3, 0.4) is 0 Å². The average Bonchev–Trinajstić information content (AvgIpc) is 1.86. The third kappa shape index (κ3) is 2.22. The van der Waals surface area contributed by atoms with Gasteiger partial charge in [0.15, 0.2) is 5.66 Å². The lowest BCUT2D eigenvalue weighted by Gasteiger charge is -2.40. The van der Waals surface area contributed by atoms with Gasteiger partial charge in [0.2, 0.25) is 0 Å². The van der Waals surface area contributed by atoms with Crippen LogP contribution in [0, 0.1) is 5.21 Å². The predicted molar refractivity (Wildman–Crippen MR) is 40.9 cm³/mol. The Morgan fingerprint density at radius 1 is 1.60 bits per heavy atom. The van der Waals surface area contributed by atoms with Crippen LogP contribution in [0.15, 0.2) is 0 Å². The number of nitrogens with one attached hydrogen (secondary N) is 1.